The Morgan fingerprint density at radius 1 is 1.69 bits per heavy atom. The monoisotopic (exact) mass is 180 g/mol. The van der Waals surface area contributed by atoms with E-state index in [2.05, 4.69) is 10.6 Å². The van der Waals surface area contributed by atoms with Gasteiger partial charge in [0.05, 0.1) is 6.26 Å². The standard InChI is InChI=1S/C9H12N2O2/c12-9(8-2-1-3-13-8)11-6-7-4-10-5-7/h1-3,7,10H,4-6H2,(H,11,12). The summed E-state index contributed by atoms with van der Waals surface area (Å²) in [6.07, 6.45) is 1.50. The molecule has 0 unspecified atom stereocenters. The number of amides is 1. The molecule has 1 aromatic rings. The predicted molar refractivity (Wildman–Crippen MR) is 47.4 cm³/mol. The van der Waals surface area contributed by atoms with E-state index >= 15 is 0 Å². The lowest BCUT2D eigenvalue weighted by atomic mass is 10.0. The van der Waals surface area contributed by atoms with Gasteiger partial charge in [-0.3, -0.25) is 4.79 Å². The topological polar surface area (TPSA) is 54.3 Å². The SMILES string of the molecule is O=C(NCC1CNC1)c1ccco1. The van der Waals surface area contributed by atoms with Crippen LogP contribution in [0.5, 0.6) is 0 Å². The number of rotatable bonds is 3. The lowest BCUT2D eigenvalue weighted by molar-refractivity contribution is 0.0914. The van der Waals surface area contributed by atoms with Crippen LogP contribution in [0.1, 0.15) is 10.6 Å². The van der Waals surface area contributed by atoms with Gasteiger partial charge in [0.25, 0.3) is 5.91 Å². The second-order valence-corrected chi connectivity index (χ2v) is 3.21. The zero-order valence-corrected chi connectivity index (χ0v) is 7.25. The molecule has 0 spiro atoms. The van der Waals surface area contributed by atoms with Crippen molar-refractivity contribution >= 4 is 5.91 Å². The average Bonchev–Trinajstić information content (AvgIpc) is 2.52. The van der Waals surface area contributed by atoms with Crippen molar-refractivity contribution in [3.8, 4) is 0 Å². The Hall–Kier alpha value is -1.29. The van der Waals surface area contributed by atoms with Crippen molar-refractivity contribution in [1.29, 1.82) is 0 Å². The first kappa shape index (κ1) is 8.31. The van der Waals surface area contributed by atoms with Gasteiger partial charge in [-0.25, -0.2) is 0 Å². The van der Waals surface area contributed by atoms with E-state index in [4.69, 9.17) is 4.42 Å². The van der Waals surface area contributed by atoms with Crippen molar-refractivity contribution < 1.29 is 9.21 Å². The molecule has 1 aliphatic rings. The van der Waals surface area contributed by atoms with Crippen LogP contribution in [-0.4, -0.2) is 25.5 Å². The van der Waals surface area contributed by atoms with Gasteiger partial charge in [-0.05, 0) is 12.1 Å². The maximum absolute atomic E-state index is 11.3. The molecule has 2 N–H and O–H groups in total. The zero-order chi connectivity index (χ0) is 9.10. The Balaban J connectivity index is 1.78. The Kier molecular flexibility index (Phi) is 2.31. The summed E-state index contributed by atoms with van der Waals surface area (Å²) in [4.78, 5) is 11.3. The van der Waals surface area contributed by atoms with Crippen LogP contribution >= 0.6 is 0 Å². The fourth-order valence-corrected chi connectivity index (χ4v) is 1.22. The summed E-state index contributed by atoms with van der Waals surface area (Å²) in [6.45, 7) is 2.73. The molecule has 4 nitrogen and oxygen atoms in total. The molecule has 2 heterocycles. The highest BCUT2D eigenvalue weighted by atomic mass is 16.3. The van der Waals surface area contributed by atoms with Crippen molar-refractivity contribution in [2.45, 2.75) is 0 Å². The van der Waals surface area contributed by atoms with Gasteiger partial charge in [-0.1, -0.05) is 0 Å². The maximum atomic E-state index is 11.3. The second-order valence-electron chi connectivity index (χ2n) is 3.21. The van der Waals surface area contributed by atoms with Gasteiger partial charge >= 0.3 is 0 Å². The lowest BCUT2D eigenvalue weighted by Gasteiger charge is -2.26. The van der Waals surface area contributed by atoms with Crippen LogP contribution in [-0.2, 0) is 0 Å². The molecule has 4 heteroatoms. The molecule has 1 aromatic heterocycles. The minimum atomic E-state index is -0.128. The Bertz CT molecular complexity index is 278. The second kappa shape index (κ2) is 3.62. The van der Waals surface area contributed by atoms with Gasteiger partial charge in [-0.15, -0.1) is 0 Å². The minimum Gasteiger partial charge on any atom is -0.459 e. The third-order valence-corrected chi connectivity index (χ3v) is 2.16. The Morgan fingerprint density at radius 3 is 3.08 bits per heavy atom. The maximum Gasteiger partial charge on any atom is 0.286 e. The van der Waals surface area contributed by atoms with E-state index in [1.165, 1.54) is 6.26 Å². The third-order valence-electron chi connectivity index (χ3n) is 2.16. The van der Waals surface area contributed by atoms with Crippen LogP contribution in [0.2, 0.25) is 0 Å². The van der Waals surface area contributed by atoms with E-state index in [-0.39, 0.29) is 5.91 Å². The molecule has 70 valence electrons. The number of hydrogen-bond donors (Lipinski definition) is 2. The first-order chi connectivity index (χ1) is 6.36. The van der Waals surface area contributed by atoms with Gasteiger partial charge in [0, 0.05) is 25.6 Å². The smallest absolute Gasteiger partial charge is 0.286 e. The number of carbonyl (C=O) groups is 1. The van der Waals surface area contributed by atoms with E-state index in [1.807, 2.05) is 0 Å². The molecule has 1 aliphatic heterocycles. The van der Waals surface area contributed by atoms with Crippen molar-refractivity contribution in [2.75, 3.05) is 19.6 Å². The van der Waals surface area contributed by atoms with Crippen LogP contribution < -0.4 is 10.6 Å². The first-order valence-corrected chi connectivity index (χ1v) is 4.38. The fraction of sp³-hybridized carbons (Fsp3) is 0.444. The van der Waals surface area contributed by atoms with Crippen molar-refractivity contribution in [1.82, 2.24) is 10.6 Å². The summed E-state index contributed by atoms with van der Waals surface area (Å²) in [6, 6.07) is 3.37. The number of hydrogen-bond acceptors (Lipinski definition) is 3. The zero-order valence-electron chi connectivity index (χ0n) is 7.25. The average molecular weight is 180 g/mol. The highest BCUT2D eigenvalue weighted by Gasteiger charge is 2.18. The van der Waals surface area contributed by atoms with E-state index in [0.29, 0.717) is 11.7 Å². The number of carbonyl (C=O) groups excluding carboxylic acids is 1. The highest BCUT2D eigenvalue weighted by molar-refractivity contribution is 5.91. The van der Waals surface area contributed by atoms with Gasteiger partial charge in [-0.2, -0.15) is 0 Å². The molecule has 0 radical (unpaired) electrons. The molecule has 13 heavy (non-hydrogen) atoms. The minimum absolute atomic E-state index is 0.128. The van der Waals surface area contributed by atoms with Crippen LogP contribution in [0.4, 0.5) is 0 Å². The molecule has 1 saturated heterocycles. The van der Waals surface area contributed by atoms with Crippen LogP contribution in [0.25, 0.3) is 0 Å². The summed E-state index contributed by atoms with van der Waals surface area (Å²) in [7, 11) is 0. The molecule has 0 atom stereocenters. The molecular formula is C9H12N2O2. The van der Waals surface area contributed by atoms with Crippen molar-refractivity contribution in [3.05, 3.63) is 24.2 Å². The Labute approximate surface area is 76.3 Å². The summed E-state index contributed by atoms with van der Waals surface area (Å²) < 4.78 is 4.95. The van der Waals surface area contributed by atoms with Gasteiger partial charge in [0.2, 0.25) is 0 Å². The Morgan fingerprint density at radius 2 is 2.54 bits per heavy atom. The summed E-state index contributed by atoms with van der Waals surface area (Å²) >= 11 is 0. The lowest BCUT2D eigenvalue weighted by Crippen LogP contribution is -2.48. The summed E-state index contributed by atoms with van der Waals surface area (Å²) in [5, 5.41) is 5.96. The molecule has 0 bridgehead atoms. The van der Waals surface area contributed by atoms with Crippen LogP contribution in [0, 0.1) is 5.92 Å². The van der Waals surface area contributed by atoms with Crippen molar-refractivity contribution in [3.63, 3.8) is 0 Å². The van der Waals surface area contributed by atoms with Gasteiger partial charge in [0.1, 0.15) is 0 Å². The molecule has 0 aliphatic carbocycles. The van der Waals surface area contributed by atoms with E-state index in [0.717, 1.165) is 19.6 Å². The summed E-state index contributed by atoms with van der Waals surface area (Å²) in [5.74, 6) is 0.836. The molecular weight excluding hydrogens is 168 g/mol. The molecule has 1 fully saturated rings. The number of nitrogens with one attached hydrogen (secondary N) is 2. The van der Waals surface area contributed by atoms with E-state index in [1.54, 1.807) is 12.1 Å². The van der Waals surface area contributed by atoms with E-state index < -0.39 is 0 Å². The number of furan rings is 1. The van der Waals surface area contributed by atoms with E-state index in [9.17, 15) is 4.79 Å². The van der Waals surface area contributed by atoms with Crippen LogP contribution in [0.15, 0.2) is 22.8 Å². The first-order valence-electron chi connectivity index (χ1n) is 4.38. The van der Waals surface area contributed by atoms with Gasteiger partial charge in [0.15, 0.2) is 5.76 Å². The highest BCUT2D eigenvalue weighted by Crippen LogP contribution is 2.02. The normalized spacial score (nSPS) is 16.6. The molecule has 2 rings (SSSR count). The summed E-state index contributed by atoms with van der Waals surface area (Å²) in [5.41, 5.74) is 0. The predicted octanol–water partition coefficient (Wildman–Crippen LogP) is 0.229. The quantitative estimate of drug-likeness (QED) is 0.700. The van der Waals surface area contributed by atoms with Gasteiger partial charge < -0.3 is 15.1 Å². The molecule has 0 aromatic carbocycles. The third kappa shape index (κ3) is 1.89. The molecule has 0 saturated carbocycles. The van der Waals surface area contributed by atoms with Crippen LogP contribution in [0.3, 0.4) is 0 Å². The molecule has 1 amide bonds. The van der Waals surface area contributed by atoms with Crippen molar-refractivity contribution in [2.24, 2.45) is 5.92 Å². The fourth-order valence-electron chi connectivity index (χ4n) is 1.22. The largest absolute Gasteiger partial charge is 0.459 e.